The van der Waals surface area contributed by atoms with Gasteiger partial charge in [-0.25, -0.2) is 0 Å². The van der Waals surface area contributed by atoms with Crippen molar-refractivity contribution in [2.75, 3.05) is 0 Å². The number of hydrogen-bond acceptors (Lipinski definition) is 2. The van der Waals surface area contributed by atoms with Crippen LogP contribution in [0.1, 0.15) is 18.9 Å². The molecule has 0 fully saturated rings. The summed E-state index contributed by atoms with van der Waals surface area (Å²) in [6, 6.07) is 16.3. The third-order valence-electron chi connectivity index (χ3n) is 2.58. The molecule has 2 aromatic rings. The summed E-state index contributed by atoms with van der Waals surface area (Å²) < 4.78 is 1.20. The summed E-state index contributed by atoms with van der Waals surface area (Å²) in [5.74, 6) is 0. The molecular formula is C15H15IN2. The second kappa shape index (κ2) is 6.64. The Labute approximate surface area is 121 Å². The van der Waals surface area contributed by atoms with Crippen LogP contribution in [0.15, 0.2) is 58.8 Å². The van der Waals surface area contributed by atoms with Crippen molar-refractivity contribution in [3.05, 3.63) is 57.7 Å². The molecule has 0 aliphatic carbocycles. The largest absolute Gasteiger partial charge is 0.151 e. The highest BCUT2D eigenvalue weighted by Crippen LogP contribution is 2.19. The van der Waals surface area contributed by atoms with Gasteiger partial charge in [0, 0.05) is 3.57 Å². The topological polar surface area (TPSA) is 24.7 Å². The van der Waals surface area contributed by atoms with Gasteiger partial charge in [0.2, 0.25) is 0 Å². The van der Waals surface area contributed by atoms with Crippen LogP contribution in [0.2, 0.25) is 0 Å². The van der Waals surface area contributed by atoms with E-state index in [2.05, 4.69) is 51.9 Å². The van der Waals surface area contributed by atoms with Crippen molar-refractivity contribution in [2.24, 2.45) is 10.2 Å². The molecule has 0 saturated carbocycles. The van der Waals surface area contributed by atoms with Crippen LogP contribution in [-0.4, -0.2) is 0 Å². The number of azo groups is 1. The summed E-state index contributed by atoms with van der Waals surface area (Å²) in [5.41, 5.74) is 3.13. The van der Waals surface area contributed by atoms with Crippen molar-refractivity contribution in [1.82, 2.24) is 0 Å². The van der Waals surface area contributed by atoms with E-state index in [4.69, 9.17) is 0 Å². The second-order valence-corrected chi connectivity index (χ2v) is 5.34. The highest BCUT2D eigenvalue weighted by Gasteiger charge is 1.93. The van der Waals surface area contributed by atoms with Crippen molar-refractivity contribution in [3.63, 3.8) is 0 Å². The standard InChI is InChI=1S/C15H15IN2/c1-2-3-12-4-8-14(9-5-12)17-18-15-10-6-13(16)7-11-15/h4-11H,2-3H2,1H3. The molecule has 0 radical (unpaired) electrons. The second-order valence-electron chi connectivity index (χ2n) is 4.09. The quantitative estimate of drug-likeness (QED) is 0.502. The molecule has 92 valence electrons. The fraction of sp³-hybridized carbons (Fsp3) is 0.200. The Bertz CT molecular complexity index is 515. The third-order valence-corrected chi connectivity index (χ3v) is 3.30. The highest BCUT2D eigenvalue weighted by molar-refractivity contribution is 14.1. The Morgan fingerprint density at radius 2 is 1.33 bits per heavy atom. The first kappa shape index (κ1) is 13.2. The van der Waals surface area contributed by atoms with Gasteiger partial charge in [0.05, 0.1) is 11.4 Å². The Morgan fingerprint density at radius 3 is 1.83 bits per heavy atom. The maximum atomic E-state index is 4.23. The molecule has 2 nitrogen and oxygen atoms in total. The molecule has 2 aromatic carbocycles. The van der Waals surface area contributed by atoms with E-state index >= 15 is 0 Å². The molecule has 0 amide bonds. The van der Waals surface area contributed by atoms with Gasteiger partial charge in [-0.15, -0.1) is 0 Å². The van der Waals surface area contributed by atoms with Crippen LogP contribution in [0.25, 0.3) is 0 Å². The SMILES string of the molecule is CCCc1ccc(N=Nc2ccc(I)cc2)cc1. The van der Waals surface area contributed by atoms with Crippen LogP contribution in [0, 0.1) is 3.57 Å². The van der Waals surface area contributed by atoms with Gasteiger partial charge in [0.25, 0.3) is 0 Å². The number of hydrogen-bond donors (Lipinski definition) is 0. The first-order valence-corrected chi connectivity index (χ1v) is 7.12. The van der Waals surface area contributed by atoms with Gasteiger partial charge in [0.1, 0.15) is 0 Å². The smallest absolute Gasteiger partial charge is 0.0857 e. The number of aryl methyl sites for hydroxylation is 1. The predicted octanol–water partition coefficient (Wildman–Crippen LogP) is 5.66. The lowest BCUT2D eigenvalue weighted by atomic mass is 10.1. The van der Waals surface area contributed by atoms with Crippen LogP contribution in [0.4, 0.5) is 11.4 Å². The van der Waals surface area contributed by atoms with E-state index in [1.807, 2.05) is 36.4 Å². The summed E-state index contributed by atoms with van der Waals surface area (Å²) in [6.07, 6.45) is 2.29. The van der Waals surface area contributed by atoms with Gasteiger partial charge in [-0.2, -0.15) is 10.2 Å². The normalized spacial score (nSPS) is 11.0. The average Bonchev–Trinajstić information content (AvgIpc) is 2.40. The monoisotopic (exact) mass is 350 g/mol. The zero-order valence-electron chi connectivity index (χ0n) is 10.3. The number of rotatable bonds is 4. The minimum atomic E-state index is 0.882. The molecule has 2 rings (SSSR count). The van der Waals surface area contributed by atoms with E-state index in [1.54, 1.807) is 0 Å². The van der Waals surface area contributed by atoms with E-state index in [-0.39, 0.29) is 0 Å². The van der Waals surface area contributed by atoms with Crippen LogP contribution in [0.3, 0.4) is 0 Å². The van der Waals surface area contributed by atoms with Crippen LogP contribution < -0.4 is 0 Å². The lowest BCUT2D eigenvalue weighted by Gasteiger charge is -1.98. The van der Waals surface area contributed by atoms with E-state index in [9.17, 15) is 0 Å². The molecule has 3 heteroatoms. The average molecular weight is 350 g/mol. The first-order chi connectivity index (χ1) is 8.78. The maximum absolute atomic E-state index is 4.23. The fourth-order valence-electron chi connectivity index (χ4n) is 1.64. The Balaban J connectivity index is 2.06. The van der Waals surface area contributed by atoms with Gasteiger partial charge >= 0.3 is 0 Å². The Kier molecular flexibility index (Phi) is 4.87. The molecular weight excluding hydrogens is 335 g/mol. The molecule has 18 heavy (non-hydrogen) atoms. The van der Waals surface area contributed by atoms with Gasteiger partial charge in [-0.1, -0.05) is 25.5 Å². The molecule has 0 saturated heterocycles. The van der Waals surface area contributed by atoms with Crippen LogP contribution in [-0.2, 0) is 6.42 Å². The molecule has 0 atom stereocenters. The van der Waals surface area contributed by atoms with E-state index in [1.165, 1.54) is 15.6 Å². The third kappa shape index (κ3) is 3.91. The van der Waals surface area contributed by atoms with E-state index < -0.39 is 0 Å². The summed E-state index contributed by atoms with van der Waals surface area (Å²) >= 11 is 2.28. The predicted molar refractivity (Wildman–Crippen MR) is 83.8 cm³/mol. The number of nitrogens with zero attached hydrogens (tertiary/aromatic N) is 2. The van der Waals surface area contributed by atoms with Gasteiger partial charge in [0.15, 0.2) is 0 Å². The molecule has 0 aromatic heterocycles. The first-order valence-electron chi connectivity index (χ1n) is 6.04. The Morgan fingerprint density at radius 1 is 0.833 bits per heavy atom. The van der Waals surface area contributed by atoms with Gasteiger partial charge in [-0.3, -0.25) is 0 Å². The summed E-state index contributed by atoms with van der Waals surface area (Å²) in [6.45, 7) is 2.18. The van der Waals surface area contributed by atoms with E-state index in [0.29, 0.717) is 0 Å². The molecule has 0 bridgehead atoms. The van der Waals surface area contributed by atoms with Crippen molar-refractivity contribution >= 4 is 34.0 Å². The van der Waals surface area contributed by atoms with Gasteiger partial charge in [-0.05, 0) is 71.0 Å². The number of benzene rings is 2. The molecule has 0 spiro atoms. The van der Waals surface area contributed by atoms with Crippen LogP contribution in [0.5, 0.6) is 0 Å². The summed E-state index contributed by atoms with van der Waals surface area (Å²) in [5, 5.41) is 8.44. The minimum Gasteiger partial charge on any atom is -0.151 e. The van der Waals surface area contributed by atoms with Crippen molar-refractivity contribution in [3.8, 4) is 0 Å². The fourth-order valence-corrected chi connectivity index (χ4v) is 2.00. The molecule has 0 heterocycles. The van der Waals surface area contributed by atoms with Crippen molar-refractivity contribution < 1.29 is 0 Å². The van der Waals surface area contributed by atoms with E-state index in [0.717, 1.165) is 17.8 Å². The summed E-state index contributed by atoms with van der Waals surface area (Å²) in [4.78, 5) is 0. The molecule has 0 unspecified atom stereocenters. The van der Waals surface area contributed by atoms with Crippen molar-refractivity contribution in [2.45, 2.75) is 19.8 Å². The zero-order chi connectivity index (χ0) is 12.8. The highest BCUT2D eigenvalue weighted by atomic mass is 127. The van der Waals surface area contributed by atoms with Crippen molar-refractivity contribution in [1.29, 1.82) is 0 Å². The Hall–Kier alpha value is -1.23. The molecule has 0 aliphatic heterocycles. The molecule has 0 N–H and O–H groups in total. The lowest BCUT2D eigenvalue weighted by molar-refractivity contribution is 0.922. The number of halogens is 1. The zero-order valence-corrected chi connectivity index (χ0v) is 12.5. The minimum absolute atomic E-state index is 0.882. The lowest BCUT2D eigenvalue weighted by Crippen LogP contribution is -1.80. The van der Waals surface area contributed by atoms with Gasteiger partial charge < -0.3 is 0 Å². The van der Waals surface area contributed by atoms with Crippen LogP contribution >= 0.6 is 22.6 Å². The summed E-state index contributed by atoms with van der Waals surface area (Å²) in [7, 11) is 0. The maximum Gasteiger partial charge on any atom is 0.0857 e. The molecule has 0 aliphatic rings.